The molecule has 3 rings (SSSR count). The molecule has 0 radical (unpaired) electrons. The normalized spacial score (nSPS) is 18.0. The van der Waals surface area contributed by atoms with Crippen LogP contribution in [0.25, 0.3) is 5.57 Å². The molecule has 0 bridgehead atoms. The Morgan fingerprint density at radius 3 is 2.43 bits per heavy atom. The fourth-order valence-electron chi connectivity index (χ4n) is 3.96. The third-order valence-electron chi connectivity index (χ3n) is 5.50. The maximum atomic E-state index is 13.3. The van der Waals surface area contributed by atoms with E-state index < -0.39 is 0 Å². The fourth-order valence-corrected chi connectivity index (χ4v) is 3.96. The van der Waals surface area contributed by atoms with Gasteiger partial charge in [0.1, 0.15) is 11.4 Å². The van der Waals surface area contributed by atoms with Crippen LogP contribution in [0.4, 0.5) is 0 Å². The highest BCUT2D eigenvalue weighted by Crippen LogP contribution is 2.36. The average molecular weight is 418 g/mol. The first-order chi connectivity index (χ1) is 14.6. The number of β-amino-alcohol motifs (C(OH)–C–C–N with tert-alkyl or cyclic N) is 1. The molecule has 0 saturated carbocycles. The Morgan fingerprint density at radius 2 is 1.77 bits per heavy atom. The summed E-state index contributed by atoms with van der Waals surface area (Å²) in [6.45, 7) is 6.79. The smallest absolute Gasteiger partial charge is 0.277 e. The number of carbonyl (C=O) groups is 2. The van der Waals surface area contributed by atoms with Gasteiger partial charge >= 0.3 is 0 Å². The van der Waals surface area contributed by atoms with E-state index in [4.69, 9.17) is 9.47 Å². The maximum absolute atomic E-state index is 13.3. The van der Waals surface area contributed by atoms with Crippen LogP contribution in [0.5, 0.6) is 5.75 Å². The number of aliphatic hydroxyl groups excluding tert-OH is 1. The quantitative estimate of drug-likeness (QED) is 0.446. The number of carbonyl (C=O) groups excluding carboxylic acids is 2. The minimum absolute atomic E-state index is 0.111. The highest BCUT2D eigenvalue weighted by atomic mass is 16.5. The van der Waals surface area contributed by atoms with Gasteiger partial charge in [-0.05, 0) is 19.4 Å². The molecule has 2 aliphatic rings. The summed E-state index contributed by atoms with van der Waals surface area (Å²) in [6.07, 6.45) is 0.599. The van der Waals surface area contributed by atoms with Crippen molar-refractivity contribution >= 4 is 17.4 Å². The molecular formula is C22H31N3O5. The second-order valence-electron chi connectivity index (χ2n) is 7.29. The molecule has 2 heterocycles. The number of para-hydroxylation sites is 1. The third kappa shape index (κ3) is 4.66. The molecule has 1 aromatic carbocycles. The Balaban J connectivity index is 1.91. The zero-order valence-corrected chi connectivity index (χ0v) is 17.8. The molecule has 8 heteroatoms. The number of piperazine rings is 1. The highest BCUT2D eigenvalue weighted by Gasteiger charge is 2.42. The maximum Gasteiger partial charge on any atom is 0.277 e. The second-order valence-corrected chi connectivity index (χ2v) is 7.29. The molecule has 0 aromatic heterocycles. The first-order valence-electron chi connectivity index (χ1n) is 10.5. The lowest BCUT2D eigenvalue weighted by Crippen LogP contribution is -2.48. The lowest BCUT2D eigenvalue weighted by atomic mass is 10.0. The molecule has 1 aromatic rings. The van der Waals surface area contributed by atoms with Crippen LogP contribution in [0.2, 0.25) is 0 Å². The van der Waals surface area contributed by atoms with Gasteiger partial charge in [0, 0.05) is 58.0 Å². The van der Waals surface area contributed by atoms with Gasteiger partial charge in [-0.15, -0.1) is 0 Å². The standard InChI is InChI=1S/C22H31N3O5/c1-3-30-16-6-9-25-21(27)19(17-7-4-5-8-18(17)29-2)20(22(25)28)24-12-10-23(11-13-24)14-15-26/h4-5,7-8,26H,3,6,9-16H2,1-2H3. The van der Waals surface area contributed by atoms with Gasteiger partial charge in [-0.3, -0.25) is 19.4 Å². The van der Waals surface area contributed by atoms with Crippen LogP contribution in [-0.4, -0.2) is 97.8 Å². The van der Waals surface area contributed by atoms with Gasteiger partial charge in [0.2, 0.25) is 0 Å². The second kappa shape index (κ2) is 10.6. The third-order valence-corrected chi connectivity index (χ3v) is 5.50. The molecule has 0 spiro atoms. The molecule has 164 valence electrons. The molecule has 8 nitrogen and oxygen atoms in total. The molecule has 1 fully saturated rings. The first kappa shape index (κ1) is 22.3. The number of hydrogen-bond acceptors (Lipinski definition) is 7. The first-order valence-corrected chi connectivity index (χ1v) is 10.5. The van der Waals surface area contributed by atoms with Gasteiger partial charge in [0.05, 0.1) is 19.3 Å². The molecule has 0 unspecified atom stereocenters. The number of ether oxygens (including phenoxy) is 2. The summed E-state index contributed by atoms with van der Waals surface area (Å²) < 4.78 is 10.9. The van der Waals surface area contributed by atoms with E-state index in [1.807, 2.05) is 30.0 Å². The van der Waals surface area contributed by atoms with Crippen molar-refractivity contribution in [3.05, 3.63) is 35.5 Å². The zero-order valence-electron chi connectivity index (χ0n) is 17.8. The van der Waals surface area contributed by atoms with Gasteiger partial charge in [-0.2, -0.15) is 0 Å². The van der Waals surface area contributed by atoms with Crippen molar-refractivity contribution in [2.45, 2.75) is 13.3 Å². The number of benzene rings is 1. The SMILES string of the molecule is CCOCCCN1C(=O)C(c2ccccc2OC)=C(N2CCN(CCO)CC2)C1=O. The van der Waals surface area contributed by atoms with Crippen molar-refractivity contribution in [1.82, 2.24) is 14.7 Å². The molecule has 2 amide bonds. The lowest BCUT2D eigenvalue weighted by Gasteiger charge is -2.36. The monoisotopic (exact) mass is 417 g/mol. The van der Waals surface area contributed by atoms with Crippen LogP contribution >= 0.6 is 0 Å². The number of aliphatic hydroxyl groups is 1. The van der Waals surface area contributed by atoms with Gasteiger partial charge in [-0.25, -0.2) is 0 Å². The summed E-state index contributed by atoms with van der Waals surface area (Å²) in [5.41, 5.74) is 1.49. The molecule has 30 heavy (non-hydrogen) atoms. The van der Waals surface area contributed by atoms with Crippen LogP contribution < -0.4 is 4.74 Å². The highest BCUT2D eigenvalue weighted by molar-refractivity contribution is 6.36. The van der Waals surface area contributed by atoms with E-state index in [0.717, 1.165) is 13.1 Å². The van der Waals surface area contributed by atoms with E-state index >= 15 is 0 Å². The van der Waals surface area contributed by atoms with Crippen LogP contribution in [-0.2, 0) is 14.3 Å². The van der Waals surface area contributed by atoms with Gasteiger partial charge < -0.3 is 19.5 Å². The number of amides is 2. The number of imide groups is 1. The Labute approximate surface area is 177 Å². The topological polar surface area (TPSA) is 82.6 Å². The number of rotatable bonds is 10. The van der Waals surface area contributed by atoms with Crippen LogP contribution in [0.15, 0.2) is 30.0 Å². The molecule has 1 N–H and O–H groups in total. The largest absolute Gasteiger partial charge is 0.496 e. The zero-order chi connectivity index (χ0) is 21.5. The van der Waals surface area contributed by atoms with Gasteiger partial charge in [0.25, 0.3) is 11.8 Å². The van der Waals surface area contributed by atoms with Crippen LogP contribution in [0, 0.1) is 0 Å². The summed E-state index contributed by atoms with van der Waals surface area (Å²) >= 11 is 0. The lowest BCUT2D eigenvalue weighted by molar-refractivity contribution is -0.137. The summed E-state index contributed by atoms with van der Waals surface area (Å²) in [4.78, 5) is 32.2. The van der Waals surface area contributed by atoms with E-state index in [9.17, 15) is 14.7 Å². The van der Waals surface area contributed by atoms with Crippen molar-refractivity contribution in [2.24, 2.45) is 0 Å². The predicted octanol–water partition coefficient (Wildman–Crippen LogP) is 0.812. The van der Waals surface area contributed by atoms with Gasteiger partial charge in [-0.1, -0.05) is 18.2 Å². The van der Waals surface area contributed by atoms with Crippen LogP contribution in [0.3, 0.4) is 0 Å². The molecule has 1 saturated heterocycles. The van der Waals surface area contributed by atoms with Crippen molar-refractivity contribution in [3.8, 4) is 5.75 Å². The summed E-state index contributed by atoms with van der Waals surface area (Å²) in [6, 6.07) is 7.31. The predicted molar refractivity (Wildman–Crippen MR) is 113 cm³/mol. The fraction of sp³-hybridized carbons (Fsp3) is 0.545. The summed E-state index contributed by atoms with van der Waals surface area (Å²) in [7, 11) is 1.56. The Hall–Kier alpha value is -2.42. The van der Waals surface area contributed by atoms with E-state index in [0.29, 0.717) is 68.4 Å². The Morgan fingerprint density at radius 1 is 1.03 bits per heavy atom. The van der Waals surface area contributed by atoms with Gasteiger partial charge in [0.15, 0.2) is 0 Å². The molecule has 0 atom stereocenters. The summed E-state index contributed by atoms with van der Waals surface area (Å²) in [5, 5.41) is 9.18. The van der Waals surface area contributed by atoms with Crippen molar-refractivity contribution in [2.75, 3.05) is 66.2 Å². The molecule has 2 aliphatic heterocycles. The van der Waals surface area contributed by atoms with Crippen molar-refractivity contribution in [3.63, 3.8) is 0 Å². The number of methoxy groups -OCH3 is 1. The van der Waals surface area contributed by atoms with E-state index in [2.05, 4.69) is 4.90 Å². The minimum Gasteiger partial charge on any atom is -0.496 e. The Bertz CT molecular complexity index is 787. The van der Waals surface area contributed by atoms with Crippen LogP contribution in [0.1, 0.15) is 18.9 Å². The van der Waals surface area contributed by atoms with E-state index in [-0.39, 0.29) is 18.4 Å². The molecule has 0 aliphatic carbocycles. The van der Waals surface area contributed by atoms with Crippen molar-refractivity contribution in [1.29, 1.82) is 0 Å². The average Bonchev–Trinajstić information content (AvgIpc) is 3.02. The number of hydrogen-bond donors (Lipinski definition) is 1. The van der Waals surface area contributed by atoms with Crippen molar-refractivity contribution < 1.29 is 24.2 Å². The minimum atomic E-state index is -0.284. The van der Waals surface area contributed by atoms with E-state index in [1.165, 1.54) is 4.90 Å². The van der Waals surface area contributed by atoms with E-state index in [1.54, 1.807) is 13.2 Å². The number of nitrogens with zero attached hydrogens (tertiary/aromatic N) is 3. The Kier molecular flexibility index (Phi) is 7.84. The summed E-state index contributed by atoms with van der Waals surface area (Å²) in [5.74, 6) is 0.0306. The molecular weight excluding hydrogens is 386 g/mol.